The maximum Gasteiger partial charge on any atom is 0.269 e. The molecule has 1 aliphatic heterocycles. The Kier molecular flexibility index (Phi) is 3.76. The van der Waals surface area contributed by atoms with E-state index in [-0.39, 0.29) is 11.6 Å². The number of hydrogen-bond acceptors (Lipinski definition) is 5. The van der Waals surface area contributed by atoms with E-state index in [0.29, 0.717) is 12.1 Å². The van der Waals surface area contributed by atoms with Gasteiger partial charge in [0.15, 0.2) is 5.82 Å². The molecule has 2 aromatic carbocycles. The van der Waals surface area contributed by atoms with Crippen LogP contribution in [0.5, 0.6) is 0 Å². The zero-order chi connectivity index (χ0) is 18.3. The maximum absolute atomic E-state index is 12.5. The number of hydrogen-bond donors (Lipinski definition) is 1. The van der Waals surface area contributed by atoms with Crippen LogP contribution in [0, 0.1) is 17.0 Å². The second-order valence-electron chi connectivity index (χ2n) is 6.31. The smallest absolute Gasteiger partial charge is 0.267 e. The van der Waals surface area contributed by atoms with Crippen LogP contribution in [0.15, 0.2) is 48.5 Å². The highest BCUT2D eigenvalue weighted by molar-refractivity contribution is 5.95. The average molecular weight is 348 g/mol. The molecule has 130 valence electrons. The summed E-state index contributed by atoms with van der Waals surface area (Å²) in [5, 5.41) is 13.5. The van der Waals surface area contributed by atoms with Crippen LogP contribution in [0.3, 0.4) is 0 Å². The predicted molar refractivity (Wildman–Crippen MR) is 98.1 cm³/mol. The van der Waals surface area contributed by atoms with Gasteiger partial charge in [0.05, 0.1) is 10.4 Å². The van der Waals surface area contributed by atoms with Crippen LogP contribution in [0.1, 0.15) is 21.5 Å². The molecule has 7 nitrogen and oxygen atoms in total. The van der Waals surface area contributed by atoms with E-state index in [1.54, 1.807) is 5.01 Å². The summed E-state index contributed by atoms with van der Waals surface area (Å²) in [7, 11) is 0. The van der Waals surface area contributed by atoms with E-state index < -0.39 is 4.92 Å². The Hall–Kier alpha value is -3.48. The molecule has 0 bridgehead atoms. The summed E-state index contributed by atoms with van der Waals surface area (Å²) in [5.74, 6) is 0.428. The minimum atomic E-state index is -0.491. The summed E-state index contributed by atoms with van der Waals surface area (Å²) in [5.41, 5.74) is 6.26. The van der Waals surface area contributed by atoms with Gasteiger partial charge in [-0.3, -0.25) is 25.3 Å². The van der Waals surface area contributed by atoms with E-state index in [9.17, 15) is 14.9 Å². The molecular weight excluding hydrogens is 332 g/mol. The molecule has 0 fully saturated rings. The van der Waals surface area contributed by atoms with Gasteiger partial charge < -0.3 is 0 Å². The number of nitro benzene ring substituents is 1. The topological polar surface area (TPSA) is 88.4 Å². The van der Waals surface area contributed by atoms with Crippen molar-refractivity contribution in [2.75, 3.05) is 11.6 Å². The predicted octanol–water partition coefficient (Wildman–Crippen LogP) is 3.16. The first kappa shape index (κ1) is 16.0. The van der Waals surface area contributed by atoms with Gasteiger partial charge >= 0.3 is 0 Å². The average Bonchev–Trinajstić information content (AvgIpc) is 3.01. The van der Waals surface area contributed by atoms with Gasteiger partial charge in [0.2, 0.25) is 0 Å². The number of nitrogens with one attached hydrogen (secondary N) is 1. The van der Waals surface area contributed by atoms with E-state index in [0.717, 1.165) is 34.3 Å². The Morgan fingerprint density at radius 2 is 1.96 bits per heavy atom. The third-order valence-electron chi connectivity index (χ3n) is 4.47. The number of hydrazine groups is 1. The van der Waals surface area contributed by atoms with Crippen molar-refractivity contribution < 1.29 is 9.72 Å². The lowest BCUT2D eigenvalue weighted by Gasteiger charge is -2.19. The fourth-order valence-corrected chi connectivity index (χ4v) is 3.10. The number of rotatable bonds is 3. The van der Waals surface area contributed by atoms with E-state index in [1.165, 1.54) is 24.3 Å². The van der Waals surface area contributed by atoms with Gasteiger partial charge in [-0.1, -0.05) is 12.1 Å². The number of carbonyl (C=O) groups excluding carboxylic acids is 1. The number of aryl methyl sites for hydroxylation is 1. The van der Waals surface area contributed by atoms with Gasteiger partial charge in [0.1, 0.15) is 0 Å². The number of benzene rings is 2. The Labute approximate surface area is 149 Å². The highest BCUT2D eigenvalue weighted by Crippen LogP contribution is 2.28. The molecule has 1 aromatic heterocycles. The molecule has 0 unspecified atom stereocenters. The third kappa shape index (κ3) is 2.83. The van der Waals surface area contributed by atoms with Crippen LogP contribution in [0.4, 0.5) is 11.5 Å². The molecule has 1 N–H and O–H groups in total. The molecule has 1 amide bonds. The zero-order valence-electron chi connectivity index (χ0n) is 14.1. The maximum atomic E-state index is 12.5. The number of amides is 1. The lowest BCUT2D eigenvalue weighted by molar-refractivity contribution is -0.384. The Bertz CT molecular complexity index is 1030. The normalized spacial score (nSPS) is 12.9. The monoisotopic (exact) mass is 348 g/mol. The lowest BCUT2D eigenvalue weighted by Crippen LogP contribution is -2.41. The molecule has 0 aliphatic carbocycles. The molecule has 3 aromatic rings. The molecule has 0 saturated carbocycles. The van der Waals surface area contributed by atoms with Gasteiger partial charge in [-0.2, -0.15) is 0 Å². The summed E-state index contributed by atoms with van der Waals surface area (Å²) < 4.78 is 0. The van der Waals surface area contributed by atoms with Gasteiger partial charge in [0, 0.05) is 29.6 Å². The molecule has 1 aliphatic rings. The number of non-ortho nitro benzene ring substituents is 1. The Morgan fingerprint density at radius 1 is 1.19 bits per heavy atom. The van der Waals surface area contributed by atoms with E-state index in [1.807, 2.05) is 13.0 Å². The van der Waals surface area contributed by atoms with Gasteiger partial charge in [0.25, 0.3) is 11.6 Å². The SMILES string of the molecule is Cc1ccc2cc3c(nc2c1)N(NC(=O)c1ccc([N+](=O)[O-])cc1)CC3. The number of fused-ring (bicyclic) bond motifs is 2. The van der Waals surface area contributed by atoms with Crippen molar-refractivity contribution in [3.05, 3.63) is 75.3 Å². The van der Waals surface area contributed by atoms with Crippen LogP contribution >= 0.6 is 0 Å². The minimum absolute atomic E-state index is 0.0448. The van der Waals surface area contributed by atoms with Crippen LogP contribution < -0.4 is 10.4 Å². The van der Waals surface area contributed by atoms with Crippen LogP contribution in [-0.2, 0) is 6.42 Å². The Morgan fingerprint density at radius 3 is 2.69 bits per heavy atom. The van der Waals surface area contributed by atoms with Crippen molar-refractivity contribution in [2.24, 2.45) is 0 Å². The molecule has 7 heteroatoms. The number of nitrogens with zero attached hydrogens (tertiary/aromatic N) is 3. The molecule has 0 radical (unpaired) electrons. The first-order valence-corrected chi connectivity index (χ1v) is 8.24. The van der Waals surface area contributed by atoms with Crippen LogP contribution in [-0.4, -0.2) is 22.4 Å². The summed E-state index contributed by atoms with van der Waals surface area (Å²) >= 11 is 0. The van der Waals surface area contributed by atoms with Crippen LogP contribution in [0.2, 0.25) is 0 Å². The lowest BCUT2D eigenvalue weighted by atomic mass is 10.1. The number of pyridine rings is 1. The van der Waals surface area contributed by atoms with Crippen molar-refractivity contribution in [2.45, 2.75) is 13.3 Å². The molecule has 0 spiro atoms. The van der Waals surface area contributed by atoms with E-state index in [4.69, 9.17) is 4.98 Å². The van der Waals surface area contributed by atoms with E-state index in [2.05, 4.69) is 23.6 Å². The number of aromatic nitrogens is 1. The summed E-state index contributed by atoms with van der Waals surface area (Å²) in [4.78, 5) is 27.4. The summed E-state index contributed by atoms with van der Waals surface area (Å²) in [6.45, 7) is 2.65. The van der Waals surface area contributed by atoms with Crippen LogP contribution in [0.25, 0.3) is 10.9 Å². The van der Waals surface area contributed by atoms with Crippen molar-refractivity contribution in [3.63, 3.8) is 0 Å². The fourth-order valence-electron chi connectivity index (χ4n) is 3.10. The zero-order valence-corrected chi connectivity index (χ0v) is 14.1. The largest absolute Gasteiger partial charge is 0.269 e. The van der Waals surface area contributed by atoms with Crippen molar-refractivity contribution >= 4 is 28.3 Å². The molecule has 0 saturated heterocycles. The quantitative estimate of drug-likeness (QED) is 0.580. The van der Waals surface area contributed by atoms with Crippen molar-refractivity contribution in [1.82, 2.24) is 10.4 Å². The van der Waals surface area contributed by atoms with Gasteiger partial charge in [-0.25, -0.2) is 4.98 Å². The third-order valence-corrected chi connectivity index (χ3v) is 4.47. The number of anilines is 1. The molecular formula is C19H16N4O3. The summed E-state index contributed by atoms with van der Waals surface area (Å²) in [6, 6.07) is 13.8. The fraction of sp³-hybridized carbons (Fsp3) is 0.158. The Balaban J connectivity index is 1.59. The van der Waals surface area contributed by atoms with Crippen molar-refractivity contribution in [1.29, 1.82) is 0 Å². The molecule has 26 heavy (non-hydrogen) atoms. The summed E-state index contributed by atoms with van der Waals surface area (Å²) in [6.07, 6.45) is 0.798. The number of carbonyl (C=O) groups is 1. The second-order valence-corrected chi connectivity index (χ2v) is 6.31. The minimum Gasteiger partial charge on any atom is -0.267 e. The first-order valence-electron chi connectivity index (χ1n) is 8.24. The standard InChI is InChI=1S/C19H16N4O3/c1-12-2-3-14-11-15-8-9-22(18(15)20-17(14)10-12)21-19(24)13-4-6-16(7-5-13)23(25)26/h2-7,10-11H,8-9H2,1H3,(H,21,24). The second kappa shape index (κ2) is 6.11. The van der Waals surface area contributed by atoms with Crippen molar-refractivity contribution in [3.8, 4) is 0 Å². The van der Waals surface area contributed by atoms with Gasteiger partial charge in [-0.05, 0) is 48.7 Å². The highest BCUT2D eigenvalue weighted by Gasteiger charge is 2.23. The highest BCUT2D eigenvalue weighted by atomic mass is 16.6. The molecule has 0 atom stereocenters. The number of nitro groups is 1. The molecule has 2 heterocycles. The van der Waals surface area contributed by atoms with E-state index >= 15 is 0 Å². The van der Waals surface area contributed by atoms with Gasteiger partial charge in [-0.15, -0.1) is 0 Å². The first-order chi connectivity index (χ1) is 12.5. The molecule has 4 rings (SSSR count).